The molecule has 1 heterocycles. The van der Waals surface area contributed by atoms with Crippen LogP contribution in [0, 0.1) is 0 Å². The van der Waals surface area contributed by atoms with Gasteiger partial charge in [0.2, 0.25) is 0 Å². The van der Waals surface area contributed by atoms with E-state index in [-0.39, 0.29) is 11.0 Å². The Morgan fingerprint density at radius 3 is 2.29 bits per heavy atom. The van der Waals surface area contributed by atoms with Crippen molar-refractivity contribution in [3.8, 4) is 0 Å². The molecule has 1 saturated heterocycles. The van der Waals surface area contributed by atoms with Crippen LogP contribution in [-0.4, -0.2) is 16.8 Å². The average Bonchev–Trinajstić information content (AvgIpc) is 1.98. The molecule has 0 aliphatic carbocycles. The van der Waals surface area contributed by atoms with E-state index in [1.165, 1.54) is 0 Å². The van der Waals surface area contributed by atoms with E-state index in [0.717, 1.165) is 12.2 Å². The highest BCUT2D eigenvalue weighted by Crippen LogP contribution is 2.31. The summed E-state index contributed by atoms with van der Waals surface area (Å²) < 4.78 is 0. The van der Waals surface area contributed by atoms with Crippen LogP contribution in [-0.2, 0) is 0 Å². The number of carbonyl (C=O) groups excluding carboxylic acids is 1. The Kier molecular flexibility index (Phi) is 3.05. The number of ketones is 1. The van der Waals surface area contributed by atoms with Gasteiger partial charge in [-0.2, -0.15) is 11.8 Å². The lowest BCUT2D eigenvalue weighted by molar-refractivity contribution is 0.0984. The number of thioether (sulfide) groups is 1. The van der Waals surface area contributed by atoms with Gasteiger partial charge < -0.3 is 0 Å². The van der Waals surface area contributed by atoms with E-state index in [0.29, 0.717) is 15.6 Å². The highest BCUT2D eigenvalue weighted by molar-refractivity contribution is 8.02. The molecule has 1 aromatic carbocycles. The third-order valence-corrected chi connectivity index (χ3v) is 3.90. The Balaban J connectivity index is 2.26. The maximum absolute atomic E-state index is 11.8. The largest absolute Gasteiger partial charge is 0.293 e. The molecular weight excluding hydrogens is 239 g/mol. The molecule has 1 unspecified atom stereocenters. The van der Waals surface area contributed by atoms with E-state index in [1.807, 2.05) is 0 Å². The summed E-state index contributed by atoms with van der Waals surface area (Å²) in [5, 5.41) is 1.15. The Labute approximate surface area is 96.8 Å². The summed E-state index contributed by atoms with van der Waals surface area (Å²) in [4.78, 5) is 11.8. The van der Waals surface area contributed by atoms with E-state index >= 15 is 0 Å². The van der Waals surface area contributed by atoms with E-state index in [9.17, 15) is 4.79 Å². The van der Waals surface area contributed by atoms with Crippen LogP contribution in [0.15, 0.2) is 18.2 Å². The van der Waals surface area contributed by atoms with Gasteiger partial charge in [0.25, 0.3) is 0 Å². The van der Waals surface area contributed by atoms with Crippen molar-refractivity contribution >= 4 is 40.7 Å². The third-order valence-electron chi connectivity index (χ3n) is 2.14. The number of rotatable bonds is 2. The van der Waals surface area contributed by atoms with E-state index < -0.39 is 0 Å². The fourth-order valence-corrected chi connectivity index (χ4v) is 2.61. The molecule has 1 nitrogen and oxygen atoms in total. The first-order chi connectivity index (χ1) is 6.66. The Hall–Kier alpha value is -0.180. The van der Waals surface area contributed by atoms with Gasteiger partial charge in [0, 0.05) is 15.6 Å². The van der Waals surface area contributed by atoms with Gasteiger partial charge in [0.05, 0.1) is 5.25 Å². The highest BCUT2D eigenvalue weighted by Gasteiger charge is 2.27. The lowest BCUT2D eigenvalue weighted by atomic mass is 10.1. The van der Waals surface area contributed by atoms with Crippen LogP contribution < -0.4 is 0 Å². The van der Waals surface area contributed by atoms with E-state index in [4.69, 9.17) is 23.2 Å². The van der Waals surface area contributed by atoms with E-state index in [2.05, 4.69) is 0 Å². The number of hydrogen-bond acceptors (Lipinski definition) is 2. The monoisotopic (exact) mass is 246 g/mol. The smallest absolute Gasteiger partial charge is 0.175 e. The van der Waals surface area contributed by atoms with Gasteiger partial charge >= 0.3 is 0 Å². The molecule has 0 bridgehead atoms. The minimum absolute atomic E-state index is 0.115. The molecule has 1 aliphatic heterocycles. The Morgan fingerprint density at radius 2 is 1.86 bits per heavy atom. The zero-order valence-electron chi connectivity index (χ0n) is 7.30. The summed E-state index contributed by atoms with van der Waals surface area (Å²) in [5.41, 5.74) is 0.625. The molecule has 0 spiro atoms. The molecule has 74 valence electrons. The second-order valence-electron chi connectivity index (χ2n) is 3.17. The first-order valence-corrected chi connectivity index (χ1v) is 6.09. The Bertz CT molecular complexity index is 354. The molecule has 0 saturated carbocycles. The second kappa shape index (κ2) is 4.13. The fraction of sp³-hybridized carbons (Fsp3) is 0.300. The first kappa shape index (κ1) is 10.3. The molecule has 14 heavy (non-hydrogen) atoms. The molecule has 1 aromatic rings. The van der Waals surface area contributed by atoms with Crippen LogP contribution in [0.2, 0.25) is 10.0 Å². The predicted molar refractivity (Wildman–Crippen MR) is 61.7 cm³/mol. The molecule has 1 fully saturated rings. The number of benzene rings is 1. The quantitative estimate of drug-likeness (QED) is 0.741. The molecular formula is C10H8Cl2OS. The topological polar surface area (TPSA) is 17.1 Å². The third kappa shape index (κ3) is 2.08. The van der Waals surface area contributed by atoms with Gasteiger partial charge in [-0.25, -0.2) is 0 Å². The van der Waals surface area contributed by atoms with Gasteiger partial charge in [-0.05, 0) is 30.4 Å². The molecule has 2 rings (SSSR count). The minimum atomic E-state index is 0.115. The Morgan fingerprint density at radius 1 is 1.29 bits per heavy atom. The van der Waals surface area contributed by atoms with E-state index in [1.54, 1.807) is 30.0 Å². The summed E-state index contributed by atoms with van der Waals surface area (Å²) in [5.74, 6) is 1.22. The zero-order valence-corrected chi connectivity index (χ0v) is 9.62. The van der Waals surface area contributed by atoms with Crippen LogP contribution in [0.3, 0.4) is 0 Å². The number of Topliss-reactive ketones (excluding diaryl/α,β-unsaturated/α-hetero) is 1. The molecule has 0 amide bonds. The summed E-state index contributed by atoms with van der Waals surface area (Å²) >= 11 is 13.3. The molecule has 0 N–H and O–H groups in total. The van der Waals surface area contributed by atoms with Crippen LogP contribution in [0.4, 0.5) is 0 Å². The summed E-state index contributed by atoms with van der Waals surface area (Å²) in [7, 11) is 0. The van der Waals surface area contributed by atoms with Crippen LogP contribution in [0.1, 0.15) is 16.8 Å². The SMILES string of the molecule is O=C(c1cc(Cl)cc(Cl)c1)C1CCS1. The molecule has 4 heteroatoms. The fourth-order valence-electron chi connectivity index (χ4n) is 1.32. The van der Waals surface area contributed by atoms with Gasteiger partial charge in [0.1, 0.15) is 0 Å². The van der Waals surface area contributed by atoms with Crippen molar-refractivity contribution in [3.05, 3.63) is 33.8 Å². The maximum atomic E-state index is 11.8. The lowest BCUT2D eigenvalue weighted by Gasteiger charge is -2.23. The standard InChI is InChI=1S/C10H8Cl2OS/c11-7-3-6(4-8(12)5-7)10(13)9-1-2-14-9/h3-5,9H,1-2H2. The van der Waals surface area contributed by atoms with Crippen LogP contribution in [0.25, 0.3) is 0 Å². The number of halogens is 2. The van der Waals surface area contributed by atoms with Gasteiger partial charge in [0.15, 0.2) is 5.78 Å². The van der Waals surface area contributed by atoms with Gasteiger partial charge in [-0.15, -0.1) is 0 Å². The molecule has 0 aromatic heterocycles. The van der Waals surface area contributed by atoms with Crippen molar-refractivity contribution in [1.82, 2.24) is 0 Å². The molecule has 0 radical (unpaired) electrons. The summed E-state index contributed by atoms with van der Waals surface area (Å²) in [6, 6.07) is 4.98. The summed E-state index contributed by atoms with van der Waals surface area (Å²) in [6.07, 6.45) is 0.966. The van der Waals surface area contributed by atoms with Crippen molar-refractivity contribution in [1.29, 1.82) is 0 Å². The first-order valence-electron chi connectivity index (χ1n) is 4.29. The van der Waals surface area contributed by atoms with Crippen LogP contribution >= 0.6 is 35.0 Å². The summed E-state index contributed by atoms with van der Waals surface area (Å²) in [6.45, 7) is 0. The number of carbonyl (C=O) groups is 1. The van der Waals surface area contributed by atoms with Gasteiger partial charge in [-0.3, -0.25) is 4.79 Å². The average molecular weight is 247 g/mol. The maximum Gasteiger partial charge on any atom is 0.175 e. The van der Waals surface area contributed by atoms with Crippen molar-refractivity contribution in [3.63, 3.8) is 0 Å². The predicted octanol–water partition coefficient (Wildman–Crippen LogP) is 3.68. The lowest BCUT2D eigenvalue weighted by Crippen LogP contribution is -2.26. The second-order valence-corrected chi connectivity index (χ2v) is 5.35. The van der Waals surface area contributed by atoms with Crippen LogP contribution in [0.5, 0.6) is 0 Å². The molecule has 1 aliphatic rings. The zero-order chi connectivity index (χ0) is 10.1. The van der Waals surface area contributed by atoms with Crippen molar-refractivity contribution in [2.45, 2.75) is 11.7 Å². The minimum Gasteiger partial charge on any atom is -0.293 e. The van der Waals surface area contributed by atoms with Crippen molar-refractivity contribution in [2.75, 3.05) is 5.75 Å². The molecule has 1 atom stereocenters. The highest BCUT2D eigenvalue weighted by atomic mass is 35.5. The van der Waals surface area contributed by atoms with Crippen molar-refractivity contribution in [2.24, 2.45) is 0 Å². The number of hydrogen-bond donors (Lipinski definition) is 0. The van der Waals surface area contributed by atoms with Crippen molar-refractivity contribution < 1.29 is 4.79 Å². The normalized spacial score (nSPS) is 20.3. The van der Waals surface area contributed by atoms with Gasteiger partial charge in [-0.1, -0.05) is 23.2 Å².